The van der Waals surface area contributed by atoms with Crippen molar-refractivity contribution in [2.24, 2.45) is 5.92 Å². The maximum absolute atomic E-state index is 14.7. The minimum Gasteiger partial charge on any atom is -0.331 e. The number of rotatable bonds is 6. The molecule has 0 bridgehead atoms. The van der Waals surface area contributed by atoms with Gasteiger partial charge in [0.05, 0.1) is 23.1 Å². The molecule has 1 amide bonds. The average Bonchev–Trinajstić information content (AvgIpc) is 3.36. The summed E-state index contributed by atoms with van der Waals surface area (Å²) >= 11 is 6.30. The molecule has 4 nitrogen and oxygen atoms in total. The summed E-state index contributed by atoms with van der Waals surface area (Å²) in [4.78, 5) is 20.0. The van der Waals surface area contributed by atoms with Crippen LogP contribution in [-0.2, 0) is 6.54 Å². The van der Waals surface area contributed by atoms with E-state index < -0.39 is 5.82 Å². The van der Waals surface area contributed by atoms with E-state index in [4.69, 9.17) is 16.6 Å². The number of amides is 1. The molecule has 1 aliphatic rings. The first-order valence-corrected chi connectivity index (χ1v) is 11.4. The van der Waals surface area contributed by atoms with Crippen LogP contribution in [0.3, 0.4) is 0 Å². The second-order valence-electron chi connectivity index (χ2n) is 8.99. The van der Waals surface area contributed by atoms with Gasteiger partial charge in [-0.05, 0) is 55.5 Å². The maximum Gasteiger partial charge on any atom is 0.257 e. The minimum absolute atomic E-state index is 0.118. The number of benzene rings is 2. The van der Waals surface area contributed by atoms with E-state index in [0.717, 1.165) is 29.7 Å². The number of carbonyl (C=O) groups is 1. The van der Waals surface area contributed by atoms with Crippen molar-refractivity contribution < 1.29 is 9.18 Å². The molecule has 0 radical (unpaired) electrons. The zero-order valence-electron chi connectivity index (χ0n) is 18.4. The molecule has 164 valence electrons. The third-order valence-electron chi connectivity index (χ3n) is 6.04. The molecule has 2 aromatic carbocycles. The molecule has 4 rings (SSSR count). The highest BCUT2D eigenvalue weighted by Crippen LogP contribution is 2.35. The van der Waals surface area contributed by atoms with Gasteiger partial charge in [-0.2, -0.15) is 0 Å². The highest BCUT2D eigenvalue weighted by Gasteiger charge is 2.27. The van der Waals surface area contributed by atoms with Gasteiger partial charge < -0.3 is 9.47 Å². The number of halogens is 2. The molecule has 0 N–H and O–H groups in total. The predicted molar refractivity (Wildman–Crippen MR) is 123 cm³/mol. The molecule has 1 fully saturated rings. The van der Waals surface area contributed by atoms with E-state index in [1.807, 2.05) is 18.2 Å². The largest absolute Gasteiger partial charge is 0.331 e. The molecule has 0 atom stereocenters. The number of nitrogens with zero attached hydrogens (tertiary/aromatic N) is 3. The van der Waals surface area contributed by atoms with E-state index in [0.29, 0.717) is 29.7 Å². The first kappa shape index (κ1) is 21.8. The van der Waals surface area contributed by atoms with Crippen LogP contribution in [0.1, 0.15) is 67.3 Å². The Morgan fingerprint density at radius 1 is 1.26 bits per heavy atom. The standard InChI is InChI=1S/C25H29ClFN3O/c1-16(2)14-29(25(31)20-10-6-7-17(3)24(20)27)15-23-28-21-12-11-18(26)13-22(21)30(23)19-8-4-5-9-19/h6-7,10-13,16,19H,4-5,8-9,14-15H2,1-3H3. The van der Waals surface area contributed by atoms with Crippen molar-refractivity contribution in [1.82, 2.24) is 14.5 Å². The van der Waals surface area contributed by atoms with Gasteiger partial charge in [0.1, 0.15) is 11.6 Å². The fourth-order valence-corrected chi connectivity index (χ4v) is 4.78. The zero-order valence-corrected chi connectivity index (χ0v) is 19.1. The first-order chi connectivity index (χ1) is 14.8. The van der Waals surface area contributed by atoms with Gasteiger partial charge in [0, 0.05) is 17.6 Å². The van der Waals surface area contributed by atoms with Crippen molar-refractivity contribution in [2.75, 3.05) is 6.54 Å². The summed E-state index contributed by atoms with van der Waals surface area (Å²) < 4.78 is 17.0. The van der Waals surface area contributed by atoms with Gasteiger partial charge >= 0.3 is 0 Å². The molecular formula is C25H29ClFN3O. The van der Waals surface area contributed by atoms with E-state index in [1.54, 1.807) is 30.0 Å². The van der Waals surface area contributed by atoms with E-state index in [1.165, 1.54) is 12.8 Å². The summed E-state index contributed by atoms with van der Waals surface area (Å²) in [6, 6.07) is 11.1. The molecular weight excluding hydrogens is 413 g/mol. The Kier molecular flexibility index (Phi) is 6.33. The summed E-state index contributed by atoms with van der Waals surface area (Å²) in [6.07, 6.45) is 4.56. The number of aromatic nitrogens is 2. The van der Waals surface area contributed by atoms with Crippen LogP contribution >= 0.6 is 11.6 Å². The number of fused-ring (bicyclic) bond motifs is 1. The molecule has 0 spiro atoms. The molecule has 0 saturated heterocycles. The molecule has 1 aromatic heterocycles. The second-order valence-corrected chi connectivity index (χ2v) is 9.42. The molecule has 31 heavy (non-hydrogen) atoms. The Hall–Kier alpha value is -2.40. The Morgan fingerprint density at radius 2 is 2.00 bits per heavy atom. The van der Waals surface area contributed by atoms with E-state index in [-0.39, 0.29) is 17.4 Å². The highest BCUT2D eigenvalue weighted by molar-refractivity contribution is 6.31. The van der Waals surface area contributed by atoms with Gasteiger partial charge in [0.2, 0.25) is 0 Å². The summed E-state index contributed by atoms with van der Waals surface area (Å²) in [7, 11) is 0. The average molecular weight is 442 g/mol. The zero-order chi connectivity index (χ0) is 22.1. The van der Waals surface area contributed by atoms with Crippen LogP contribution < -0.4 is 0 Å². The van der Waals surface area contributed by atoms with Gasteiger partial charge in [-0.25, -0.2) is 9.37 Å². The van der Waals surface area contributed by atoms with Crippen LogP contribution in [0.25, 0.3) is 11.0 Å². The van der Waals surface area contributed by atoms with Crippen molar-refractivity contribution >= 4 is 28.5 Å². The van der Waals surface area contributed by atoms with Crippen LogP contribution in [0.5, 0.6) is 0 Å². The summed E-state index contributed by atoms with van der Waals surface area (Å²) in [5, 5.41) is 0.676. The summed E-state index contributed by atoms with van der Waals surface area (Å²) in [5.41, 5.74) is 2.48. The summed E-state index contributed by atoms with van der Waals surface area (Å²) in [6.45, 7) is 6.68. The fourth-order valence-electron chi connectivity index (χ4n) is 4.61. The Bertz CT molecular complexity index is 1100. The second kappa shape index (κ2) is 8.99. The lowest BCUT2D eigenvalue weighted by Crippen LogP contribution is -2.35. The minimum atomic E-state index is -0.447. The predicted octanol–water partition coefficient (Wildman–Crippen LogP) is 6.55. The molecule has 0 unspecified atom stereocenters. The molecule has 0 aliphatic heterocycles. The van der Waals surface area contributed by atoms with Crippen LogP contribution in [0.2, 0.25) is 5.02 Å². The lowest BCUT2D eigenvalue weighted by molar-refractivity contribution is 0.0710. The van der Waals surface area contributed by atoms with Crippen molar-refractivity contribution in [2.45, 2.75) is 59.0 Å². The van der Waals surface area contributed by atoms with Crippen LogP contribution in [-0.4, -0.2) is 26.9 Å². The van der Waals surface area contributed by atoms with Crippen LogP contribution in [0.4, 0.5) is 4.39 Å². The SMILES string of the molecule is Cc1cccc(C(=O)N(Cc2nc3ccc(Cl)cc3n2C2CCCC2)CC(C)C)c1F. The van der Waals surface area contributed by atoms with Crippen LogP contribution in [0.15, 0.2) is 36.4 Å². The number of hydrogen-bond donors (Lipinski definition) is 0. The third kappa shape index (κ3) is 4.47. The number of carbonyl (C=O) groups excluding carboxylic acids is 1. The van der Waals surface area contributed by atoms with Crippen molar-refractivity contribution in [3.63, 3.8) is 0 Å². The van der Waals surface area contributed by atoms with Gasteiger partial charge in [-0.15, -0.1) is 0 Å². The smallest absolute Gasteiger partial charge is 0.257 e. The fraction of sp³-hybridized carbons (Fsp3) is 0.440. The topological polar surface area (TPSA) is 38.1 Å². The normalized spacial score (nSPS) is 14.6. The maximum atomic E-state index is 14.7. The third-order valence-corrected chi connectivity index (χ3v) is 6.28. The Morgan fingerprint density at radius 3 is 2.71 bits per heavy atom. The van der Waals surface area contributed by atoms with E-state index in [9.17, 15) is 9.18 Å². The quantitative estimate of drug-likeness (QED) is 0.435. The number of aryl methyl sites for hydroxylation is 1. The van der Waals surface area contributed by atoms with E-state index in [2.05, 4.69) is 18.4 Å². The van der Waals surface area contributed by atoms with Gasteiger partial charge in [0.25, 0.3) is 5.91 Å². The lowest BCUT2D eigenvalue weighted by atomic mass is 10.1. The monoisotopic (exact) mass is 441 g/mol. The van der Waals surface area contributed by atoms with Gasteiger partial charge in [-0.1, -0.05) is 50.4 Å². The Balaban J connectivity index is 1.75. The van der Waals surface area contributed by atoms with Crippen LogP contribution in [0, 0.1) is 18.7 Å². The first-order valence-electron chi connectivity index (χ1n) is 11.1. The van der Waals surface area contributed by atoms with Crippen molar-refractivity contribution in [3.05, 3.63) is 64.2 Å². The molecule has 3 aromatic rings. The van der Waals surface area contributed by atoms with Gasteiger partial charge in [-0.3, -0.25) is 4.79 Å². The van der Waals surface area contributed by atoms with Crippen molar-refractivity contribution in [1.29, 1.82) is 0 Å². The molecule has 6 heteroatoms. The summed E-state index contributed by atoms with van der Waals surface area (Å²) in [5.74, 6) is 0.345. The number of imidazole rings is 1. The van der Waals surface area contributed by atoms with Gasteiger partial charge in [0.15, 0.2) is 0 Å². The highest BCUT2D eigenvalue weighted by atomic mass is 35.5. The molecule has 1 heterocycles. The molecule has 1 saturated carbocycles. The van der Waals surface area contributed by atoms with E-state index >= 15 is 0 Å². The lowest BCUT2D eigenvalue weighted by Gasteiger charge is -2.26. The van der Waals surface area contributed by atoms with Crippen molar-refractivity contribution in [3.8, 4) is 0 Å². The molecule has 1 aliphatic carbocycles. The number of hydrogen-bond acceptors (Lipinski definition) is 2. The Labute approximate surface area is 188 Å².